The lowest BCUT2D eigenvalue weighted by atomic mass is 10.2. The van der Waals surface area contributed by atoms with Crippen LogP contribution >= 0.6 is 35.7 Å². The summed E-state index contributed by atoms with van der Waals surface area (Å²) in [4.78, 5) is 6.96. The molecule has 0 saturated heterocycles. The summed E-state index contributed by atoms with van der Waals surface area (Å²) in [6.45, 7) is 8.83. The molecule has 0 spiro atoms. The first-order chi connectivity index (χ1) is 9.76. The van der Waals surface area contributed by atoms with Gasteiger partial charge in [-0.15, -0.1) is 30.6 Å². The molecule has 0 radical (unpaired) electrons. The van der Waals surface area contributed by atoms with E-state index in [1.807, 2.05) is 17.8 Å². The number of guanidine groups is 1. The molecule has 0 amide bonds. The third-order valence-electron chi connectivity index (χ3n) is 3.12. The summed E-state index contributed by atoms with van der Waals surface area (Å²) in [5.74, 6) is 2.30. The van der Waals surface area contributed by atoms with E-state index in [4.69, 9.17) is 4.99 Å². The van der Waals surface area contributed by atoms with E-state index in [0.717, 1.165) is 32.0 Å². The SMILES string of the molecule is C=CCCCCCN(C)C(=NCCCCSC)NCC.I. The van der Waals surface area contributed by atoms with Gasteiger partial charge in [0.1, 0.15) is 0 Å². The molecule has 0 fully saturated rings. The number of allylic oxidation sites excluding steroid dienone is 1. The van der Waals surface area contributed by atoms with E-state index in [0.29, 0.717) is 0 Å². The molecule has 0 bridgehead atoms. The molecule has 5 heteroatoms. The van der Waals surface area contributed by atoms with Gasteiger partial charge in [-0.2, -0.15) is 11.8 Å². The van der Waals surface area contributed by atoms with Gasteiger partial charge in [-0.3, -0.25) is 4.99 Å². The molecule has 1 N–H and O–H groups in total. The number of thioether (sulfide) groups is 1. The van der Waals surface area contributed by atoms with Gasteiger partial charge in [0.2, 0.25) is 0 Å². The molecule has 0 heterocycles. The number of nitrogens with zero attached hydrogens (tertiary/aromatic N) is 2. The van der Waals surface area contributed by atoms with E-state index in [-0.39, 0.29) is 24.0 Å². The van der Waals surface area contributed by atoms with E-state index in [9.17, 15) is 0 Å². The molecule has 0 aromatic heterocycles. The zero-order valence-electron chi connectivity index (χ0n) is 14.1. The predicted molar refractivity (Wildman–Crippen MR) is 110 cm³/mol. The average Bonchev–Trinajstić information content (AvgIpc) is 2.45. The number of halogens is 1. The fraction of sp³-hybridized carbons (Fsp3) is 0.812. The Labute approximate surface area is 153 Å². The number of rotatable bonds is 12. The van der Waals surface area contributed by atoms with Crippen molar-refractivity contribution in [3.8, 4) is 0 Å². The van der Waals surface area contributed by atoms with Gasteiger partial charge in [0.25, 0.3) is 0 Å². The van der Waals surface area contributed by atoms with Crippen molar-refractivity contribution in [2.75, 3.05) is 38.7 Å². The zero-order chi connectivity index (χ0) is 15.1. The van der Waals surface area contributed by atoms with E-state index >= 15 is 0 Å². The summed E-state index contributed by atoms with van der Waals surface area (Å²) in [7, 11) is 2.14. The van der Waals surface area contributed by atoms with Gasteiger partial charge in [-0.1, -0.05) is 12.5 Å². The summed E-state index contributed by atoms with van der Waals surface area (Å²) in [5, 5.41) is 3.38. The van der Waals surface area contributed by atoms with E-state index in [1.54, 1.807) is 0 Å². The van der Waals surface area contributed by atoms with Crippen molar-refractivity contribution >= 4 is 41.7 Å². The Hall–Kier alpha value is 0.0900. The first-order valence-electron chi connectivity index (χ1n) is 7.85. The highest BCUT2D eigenvalue weighted by molar-refractivity contribution is 14.0. The molecule has 3 nitrogen and oxygen atoms in total. The highest BCUT2D eigenvalue weighted by Crippen LogP contribution is 2.02. The summed E-state index contributed by atoms with van der Waals surface area (Å²) in [6, 6.07) is 0. The smallest absolute Gasteiger partial charge is 0.193 e. The van der Waals surface area contributed by atoms with Gasteiger partial charge in [0.15, 0.2) is 5.96 Å². The van der Waals surface area contributed by atoms with Crippen molar-refractivity contribution < 1.29 is 0 Å². The van der Waals surface area contributed by atoms with Crippen molar-refractivity contribution in [2.24, 2.45) is 4.99 Å². The molecule has 0 rings (SSSR count). The van der Waals surface area contributed by atoms with E-state index in [2.05, 4.69) is 37.0 Å². The Morgan fingerprint density at radius 2 is 2.00 bits per heavy atom. The Bertz CT molecular complexity index is 260. The third-order valence-corrected chi connectivity index (χ3v) is 3.81. The van der Waals surface area contributed by atoms with Crippen LogP contribution in [0.5, 0.6) is 0 Å². The molecular formula is C16H34IN3S. The molecule has 0 aliphatic heterocycles. The van der Waals surface area contributed by atoms with Gasteiger partial charge in [0, 0.05) is 26.7 Å². The first kappa shape index (κ1) is 23.4. The number of unbranched alkanes of at least 4 members (excludes halogenated alkanes) is 4. The second kappa shape index (κ2) is 18.1. The topological polar surface area (TPSA) is 27.6 Å². The summed E-state index contributed by atoms with van der Waals surface area (Å²) < 4.78 is 0. The van der Waals surface area contributed by atoms with E-state index < -0.39 is 0 Å². The van der Waals surface area contributed by atoms with Crippen molar-refractivity contribution in [3.05, 3.63) is 12.7 Å². The molecule has 0 atom stereocenters. The number of nitrogens with one attached hydrogen (secondary N) is 1. The molecule has 126 valence electrons. The highest BCUT2D eigenvalue weighted by atomic mass is 127. The Balaban J connectivity index is 0. The van der Waals surface area contributed by atoms with Crippen LogP contribution in [-0.2, 0) is 0 Å². The number of hydrogen-bond acceptors (Lipinski definition) is 2. The van der Waals surface area contributed by atoms with Crippen LogP contribution in [0, 0.1) is 0 Å². The van der Waals surface area contributed by atoms with Gasteiger partial charge < -0.3 is 10.2 Å². The Morgan fingerprint density at radius 3 is 2.62 bits per heavy atom. The molecular weight excluding hydrogens is 393 g/mol. The van der Waals surface area contributed by atoms with E-state index in [1.165, 1.54) is 37.9 Å². The van der Waals surface area contributed by atoms with Crippen molar-refractivity contribution in [1.82, 2.24) is 10.2 Å². The average molecular weight is 427 g/mol. The molecule has 0 aliphatic carbocycles. The van der Waals surface area contributed by atoms with Crippen LogP contribution in [0.2, 0.25) is 0 Å². The second-order valence-corrected chi connectivity index (χ2v) is 5.98. The first-order valence-corrected chi connectivity index (χ1v) is 9.24. The molecule has 0 aliphatic rings. The zero-order valence-corrected chi connectivity index (χ0v) is 17.2. The Morgan fingerprint density at radius 1 is 1.24 bits per heavy atom. The fourth-order valence-electron chi connectivity index (χ4n) is 1.93. The minimum Gasteiger partial charge on any atom is -0.357 e. The molecule has 21 heavy (non-hydrogen) atoms. The quantitative estimate of drug-likeness (QED) is 0.165. The highest BCUT2D eigenvalue weighted by Gasteiger charge is 2.04. The van der Waals surface area contributed by atoms with Crippen LogP contribution < -0.4 is 5.32 Å². The predicted octanol–water partition coefficient (Wildman–Crippen LogP) is 4.39. The van der Waals surface area contributed by atoms with Crippen LogP contribution in [0.4, 0.5) is 0 Å². The fourth-order valence-corrected chi connectivity index (χ4v) is 2.43. The van der Waals surface area contributed by atoms with Gasteiger partial charge in [-0.25, -0.2) is 0 Å². The normalized spacial score (nSPS) is 10.9. The van der Waals surface area contributed by atoms with Crippen LogP contribution in [-0.4, -0.2) is 49.6 Å². The summed E-state index contributed by atoms with van der Waals surface area (Å²) >= 11 is 1.91. The molecule has 0 aromatic carbocycles. The summed E-state index contributed by atoms with van der Waals surface area (Å²) in [6.07, 6.45) is 11.5. The van der Waals surface area contributed by atoms with Crippen LogP contribution in [0.15, 0.2) is 17.6 Å². The molecule has 0 saturated carbocycles. The minimum atomic E-state index is 0. The van der Waals surface area contributed by atoms with Crippen LogP contribution in [0.3, 0.4) is 0 Å². The largest absolute Gasteiger partial charge is 0.357 e. The third kappa shape index (κ3) is 14.8. The van der Waals surface area contributed by atoms with Gasteiger partial charge >= 0.3 is 0 Å². The maximum atomic E-state index is 4.71. The number of hydrogen-bond donors (Lipinski definition) is 1. The standard InChI is InChI=1S/C16H33N3S.HI/c1-5-7-8-9-11-14-19(3)16(17-6-2)18-13-10-12-15-20-4;/h5H,1,6-15H2,2-4H3,(H,17,18);1H. The second-order valence-electron chi connectivity index (χ2n) is 5.00. The van der Waals surface area contributed by atoms with Gasteiger partial charge in [-0.05, 0) is 51.0 Å². The van der Waals surface area contributed by atoms with Crippen molar-refractivity contribution in [2.45, 2.75) is 45.4 Å². The van der Waals surface area contributed by atoms with Crippen LogP contribution in [0.25, 0.3) is 0 Å². The van der Waals surface area contributed by atoms with Crippen molar-refractivity contribution in [3.63, 3.8) is 0 Å². The lowest BCUT2D eigenvalue weighted by Crippen LogP contribution is -2.39. The van der Waals surface area contributed by atoms with Crippen molar-refractivity contribution in [1.29, 1.82) is 0 Å². The maximum Gasteiger partial charge on any atom is 0.193 e. The monoisotopic (exact) mass is 427 g/mol. The number of aliphatic imine (C=N–C) groups is 1. The lowest BCUT2D eigenvalue weighted by Gasteiger charge is -2.22. The maximum absolute atomic E-state index is 4.71. The molecule has 0 unspecified atom stereocenters. The van der Waals surface area contributed by atoms with Crippen LogP contribution in [0.1, 0.15) is 45.4 Å². The Kier molecular flexibility index (Phi) is 20.2. The minimum absolute atomic E-state index is 0. The molecule has 0 aromatic rings. The van der Waals surface area contributed by atoms with Gasteiger partial charge in [0.05, 0.1) is 0 Å². The lowest BCUT2D eigenvalue weighted by molar-refractivity contribution is 0.455. The summed E-state index contributed by atoms with van der Waals surface area (Å²) in [5.41, 5.74) is 0.